The summed E-state index contributed by atoms with van der Waals surface area (Å²) in [5.41, 5.74) is 0.255. The summed E-state index contributed by atoms with van der Waals surface area (Å²) in [5.74, 6) is -1.07. The molecule has 2 unspecified atom stereocenters. The zero-order valence-electron chi connectivity index (χ0n) is 23.1. The van der Waals surface area contributed by atoms with Gasteiger partial charge in [-0.05, 0) is 32.8 Å². The highest BCUT2D eigenvalue weighted by molar-refractivity contribution is 7.16. The van der Waals surface area contributed by atoms with Crippen LogP contribution in [0.1, 0.15) is 61.2 Å². The number of ether oxygens (including phenoxy) is 1. The first-order chi connectivity index (χ1) is 18.3. The van der Waals surface area contributed by atoms with Crippen molar-refractivity contribution < 1.29 is 18.3 Å². The first-order valence-electron chi connectivity index (χ1n) is 12.9. The lowest BCUT2D eigenvalue weighted by Crippen LogP contribution is -2.68. The number of methoxy groups -OCH3 is 1. The number of hydrogen-bond acceptors (Lipinski definition) is 6. The molecule has 1 saturated heterocycles. The average Bonchev–Trinajstić information content (AvgIpc) is 2.84. The van der Waals surface area contributed by atoms with Crippen molar-refractivity contribution >= 4 is 32.0 Å². The van der Waals surface area contributed by atoms with Gasteiger partial charge in [-0.15, -0.1) is 0 Å². The molecule has 1 aliphatic carbocycles. The second kappa shape index (κ2) is 9.59. The largest absolute Gasteiger partial charge is 0.373 e. The highest BCUT2D eigenvalue weighted by Crippen LogP contribution is 2.60. The molecule has 0 radical (unpaired) electrons. The fourth-order valence-electron chi connectivity index (χ4n) is 6.33. The van der Waals surface area contributed by atoms with Crippen LogP contribution in [0.2, 0.25) is 0 Å². The Labute approximate surface area is 228 Å². The molecule has 39 heavy (non-hydrogen) atoms. The number of aromatic nitrogens is 3. The van der Waals surface area contributed by atoms with Gasteiger partial charge in [0.2, 0.25) is 5.91 Å². The molecule has 2 aromatic heterocycles. The number of likely N-dealkylation sites (tertiary alicyclic amines) is 1. The van der Waals surface area contributed by atoms with E-state index in [1.165, 1.54) is 10.6 Å². The van der Waals surface area contributed by atoms with Gasteiger partial charge in [-0.3, -0.25) is 14.2 Å². The van der Waals surface area contributed by atoms with Crippen molar-refractivity contribution in [3.63, 3.8) is 0 Å². The van der Waals surface area contributed by atoms with Crippen LogP contribution in [-0.4, -0.2) is 52.6 Å². The summed E-state index contributed by atoms with van der Waals surface area (Å²) >= 11 is 0. The van der Waals surface area contributed by atoms with Crippen LogP contribution < -0.4 is 10.5 Å². The predicted molar refractivity (Wildman–Crippen MR) is 149 cm³/mol. The number of fused-ring (bicyclic) bond motifs is 1. The minimum atomic E-state index is -1.52. The van der Waals surface area contributed by atoms with E-state index in [2.05, 4.69) is 4.98 Å². The van der Waals surface area contributed by atoms with Crippen molar-refractivity contribution in [1.29, 1.82) is 0 Å². The predicted octanol–water partition coefficient (Wildman–Crippen LogP) is 4.30. The molecule has 1 amide bonds. The van der Waals surface area contributed by atoms with Gasteiger partial charge in [0, 0.05) is 57.8 Å². The van der Waals surface area contributed by atoms with Crippen LogP contribution in [0.25, 0.3) is 11.0 Å². The summed E-state index contributed by atoms with van der Waals surface area (Å²) in [5, 5.41) is 0.634. The smallest absolute Gasteiger partial charge is 0.258 e. The van der Waals surface area contributed by atoms with Crippen LogP contribution in [-0.2, 0) is 22.2 Å². The molecule has 0 bridgehead atoms. The first kappa shape index (κ1) is 27.6. The lowest BCUT2D eigenvalue weighted by molar-refractivity contribution is -0.211. The lowest BCUT2D eigenvalue weighted by atomic mass is 9.53. The topological polar surface area (TPSA) is 80.6 Å². The molecule has 0 N–H and O–H groups in total. The van der Waals surface area contributed by atoms with Crippen LogP contribution in [0.15, 0.2) is 29.1 Å². The Kier molecular flexibility index (Phi) is 6.79. The summed E-state index contributed by atoms with van der Waals surface area (Å²) in [7, 11) is 7.07. The minimum absolute atomic E-state index is 0.0218. The standard InChI is InChI=1S/C28H34F2N5O3P/c1-15(18-8-7-9-19(22(18)29)23(30)39)33(4)24-20-10-21(26(37)34(5)25(20)32-16(2)31-24)28(38-6)11-27(12-28)13-35(14-27)17(3)36/h7-10,15,23H,11-14,39H2,1-6H3/t15-,23?/m1/s1. The average molecular weight is 558 g/mol. The molecule has 2 aliphatic rings. The Bertz CT molecular complexity index is 1530. The molecular formula is C28H34F2N5O3P. The van der Waals surface area contributed by atoms with Gasteiger partial charge in [0.25, 0.3) is 5.56 Å². The van der Waals surface area contributed by atoms with Crippen molar-refractivity contribution in [2.45, 2.75) is 51.2 Å². The van der Waals surface area contributed by atoms with E-state index in [0.29, 0.717) is 59.7 Å². The van der Waals surface area contributed by atoms with Crippen molar-refractivity contribution in [2.75, 3.05) is 32.1 Å². The van der Waals surface area contributed by atoms with E-state index in [-0.39, 0.29) is 22.4 Å². The lowest BCUT2D eigenvalue weighted by Gasteiger charge is -2.63. The molecule has 11 heteroatoms. The van der Waals surface area contributed by atoms with Gasteiger partial charge in [-0.2, -0.15) is 0 Å². The highest BCUT2D eigenvalue weighted by Gasteiger charge is 2.62. The Morgan fingerprint density at radius 2 is 1.87 bits per heavy atom. The number of carbonyl (C=O) groups excluding carboxylic acids is 1. The van der Waals surface area contributed by atoms with E-state index in [0.717, 1.165) is 0 Å². The van der Waals surface area contributed by atoms with Gasteiger partial charge >= 0.3 is 0 Å². The Balaban J connectivity index is 1.58. The number of rotatable bonds is 6. The number of benzene rings is 1. The maximum atomic E-state index is 15.3. The number of aryl methyl sites for hydroxylation is 2. The monoisotopic (exact) mass is 557 g/mol. The van der Waals surface area contributed by atoms with Gasteiger partial charge in [0.05, 0.1) is 22.6 Å². The van der Waals surface area contributed by atoms with Crippen molar-refractivity contribution in [3.8, 4) is 0 Å². The highest BCUT2D eigenvalue weighted by atomic mass is 31.0. The van der Waals surface area contributed by atoms with Crippen molar-refractivity contribution in [2.24, 2.45) is 12.5 Å². The number of pyridine rings is 1. The molecule has 3 heterocycles. The van der Waals surface area contributed by atoms with Gasteiger partial charge < -0.3 is 14.5 Å². The fourth-order valence-corrected chi connectivity index (χ4v) is 6.58. The second-order valence-corrected chi connectivity index (χ2v) is 11.7. The third-order valence-electron chi connectivity index (χ3n) is 8.58. The maximum absolute atomic E-state index is 15.3. The van der Waals surface area contributed by atoms with E-state index in [9.17, 15) is 14.0 Å². The first-order valence-corrected chi connectivity index (χ1v) is 13.6. The van der Waals surface area contributed by atoms with Crippen molar-refractivity contribution in [3.05, 3.63) is 63.0 Å². The van der Waals surface area contributed by atoms with Crippen LogP contribution in [0.5, 0.6) is 0 Å². The molecule has 1 saturated carbocycles. The van der Waals surface area contributed by atoms with Gasteiger partial charge in [-0.25, -0.2) is 18.7 Å². The summed E-state index contributed by atoms with van der Waals surface area (Å²) in [4.78, 5) is 38.2. The molecule has 3 aromatic rings. The van der Waals surface area contributed by atoms with Gasteiger partial charge in [-0.1, -0.05) is 27.4 Å². The third-order valence-corrected chi connectivity index (χ3v) is 8.94. The Hall–Kier alpha value is -2.97. The molecule has 8 nitrogen and oxygen atoms in total. The molecule has 2 fully saturated rings. The summed E-state index contributed by atoms with van der Waals surface area (Å²) < 4.78 is 36.8. The maximum Gasteiger partial charge on any atom is 0.258 e. The molecule has 1 spiro atoms. The SMILES string of the molecule is COC1(c2cc3c(N(C)[C@H](C)c4cccc(C(F)P)c4F)nc(C)nc3n(C)c2=O)CC2(CN(C(C)=O)C2)C1. The van der Waals surface area contributed by atoms with E-state index in [1.54, 1.807) is 58.2 Å². The number of alkyl halides is 1. The molecule has 5 rings (SSSR count). The molecule has 208 valence electrons. The third kappa shape index (κ3) is 4.32. The summed E-state index contributed by atoms with van der Waals surface area (Å²) in [6.07, 6.45) is 1.26. The van der Waals surface area contributed by atoms with E-state index in [1.807, 2.05) is 21.1 Å². The minimum Gasteiger partial charge on any atom is -0.373 e. The van der Waals surface area contributed by atoms with Crippen LogP contribution in [0.3, 0.4) is 0 Å². The van der Waals surface area contributed by atoms with Crippen LogP contribution >= 0.6 is 9.24 Å². The van der Waals surface area contributed by atoms with E-state index >= 15 is 4.39 Å². The number of halogens is 2. The second-order valence-electron chi connectivity index (χ2n) is 11.1. The van der Waals surface area contributed by atoms with Crippen molar-refractivity contribution in [1.82, 2.24) is 19.4 Å². The Morgan fingerprint density at radius 3 is 2.46 bits per heavy atom. The fraction of sp³-hybridized carbons (Fsp3) is 0.500. The van der Waals surface area contributed by atoms with Gasteiger partial charge in [0.1, 0.15) is 29.0 Å². The number of carbonyl (C=O) groups is 1. The van der Waals surface area contributed by atoms with Crippen LogP contribution in [0, 0.1) is 18.2 Å². The van der Waals surface area contributed by atoms with Gasteiger partial charge in [0.15, 0.2) is 0 Å². The summed E-state index contributed by atoms with van der Waals surface area (Å²) in [6, 6.07) is 6.02. The number of nitrogens with zero attached hydrogens (tertiary/aromatic N) is 5. The molecular weight excluding hydrogens is 523 g/mol. The Morgan fingerprint density at radius 1 is 1.23 bits per heavy atom. The quantitative estimate of drug-likeness (QED) is 0.421. The summed E-state index contributed by atoms with van der Waals surface area (Å²) in [6.45, 7) is 6.46. The molecule has 3 atom stereocenters. The van der Waals surface area contributed by atoms with E-state index in [4.69, 9.17) is 9.72 Å². The zero-order chi connectivity index (χ0) is 28.4. The zero-order valence-corrected chi connectivity index (χ0v) is 24.2. The number of amides is 1. The normalized spacial score (nSPS) is 18.9. The number of hydrogen-bond donors (Lipinski definition) is 0. The molecule has 1 aromatic carbocycles. The number of anilines is 1. The van der Waals surface area contributed by atoms with Crippen LogP contribution in [0.4, 0.5) is 14.6 Å². The molecule has 1 aliphatic heterocycles. The van der Waals surface area contributed by atoms with E-state index < -0.39 is 23.4 Å².